The van der Waals surface area contributed by atoms with Crippen molar-refractivity contribution in [1.82, 2.24) is 4.98 Å². The minimum atomic E-state index is -4.59. The monoisotopic (exact) mass is 613 g/mol. The minimum Gasteiger partial charge on any atom is -0.257 e. The molecular weight excluding hydrogens is 593 g/mol. The highest BCUT2D eigenvalue weighted by Gasteiger charge is 2.32. The van der Waals surface area contributed by atoms with E-state index in [0.717, 1.165) is 36.4 Å². The van der Waals surface area contributed by atoms with Gasteiger partial charge in [0.1, 0.15) is 0 Å². The number of halogens is 9. The quantitative estimate of drug-likeness (QED) is 0.180. The molecule has 1 heterocycles. The molecule has 0 aliphatic heterocycles. The van der Waals surface area contributed by atoms with E-state index in [4.69, 9.17) is 0 Å². The van der Waals surface area contributed by atoms with Crippen molar-refractivity contribution < 1.29 is 39.5 Å². The van der Waals surface area contributed by atoms with Crippen LogP contribution in [0.5, 0.6) is 0 Å². The van der Waals surface area contributed by atoms with E-state index in [1.807, 2.05) is 0 Å². The Labute approximate surface area is 246 Å². The summed E-state index contributed by atoms with van der Waals surface area (Å²) >= 11 is 0. The maximum atomic E-state index is 13.3. The molecule has 0 saturated carbocycles. The molecule has 0 spiro atoms. The first kappa shape index (κ1) is 30.6. The van der Waals surface area contributed by atoms with Crippen molar-refractivity contribution >= 4 is 12.2 Å². The number of hydrogen-bond donors (Lipinski definition) is 0. The van der Waals surface area contributed by atoms with Gasteiger partial charge in [-0.2, -0.15) is 39.5 Å². The van der Waals surface area contributed by atoms with E-state index >= 15 is 0 Å². The van der Waals surface area contributed by atoms with Crippen LogP contribution >= 0.6 is 0 Å². The topological polar surface area (TPSA) is 12.9 Å². The van der Waals surface area contributed by atoms with Gasteiger partial charge in [-0.1, -0.05) is 48.5 Å². The average Bonchev–Trinajstić information content (AvgIpc) is 2.99. The molecule has 0 aliphatic carbocycles. The zero-order valence-corrected chi connectivity index (χ0v) is 22.4. The Kier molecular flexibility index (Phi) is 8.11. The molecule has 0 unspecified atom stereocenters. The van der Waals surface area contributed by atoms with Crippen molar-refractivity contribution in [3.63, 3.8) is 0 Å². The largest absolute Gasteiger partial charge is 0.416 e. The highest BCUT2D eigenvalue weighted by Crippen LogP contribution is 2.41. The van der Waals surface area contributed by atoms with Crippen molar-refractivity contribution in [3.8, 4) is 33.4 Å². The van der Waals surface area contributed by atoms with Gasteiger partial charge in [0.05, 0.1) is 22.4 Å². The Balaban J connectivity index is 1.77. The van der Waals surface area contributed by atoms with Gasteiger partial charge in [0, 0.05) is 6.20 Å². The first-order valence-corrected chi connectivity index (χ1v) is 13.0. The lowest BCUT2D eigenvalue weighted by Gasteiger charge is -2.18. The van der Waals surface area contributed by atoms with Gasteiger partial charge in [-0.3, -0.25) is 4.98 Å². The summed E-state index contributed by atoms with van der Waals surface area (Å²) in [5.74, 6) is 0. The van der Waals surface area contributed by atoms with Crippen molar-refractivity contribution in [2.75, 3.05) is 0 Å². The summed E-state index contributed by atoms with van der Waals surface area (Å²) in [6.07, 6.45) is -8.90. The molecule has 0 aliphatic rings. The second-order valence-corrected chi connectivity index (χ2v) is 9.80. The Hall–Kier alpha value is -4.86. The van der Waals surface area contributed by atoms with Gasteiger partial charge in [0.25, 0.3) is 0 Å². The van der Waals surface area contributed by atoms with Crippen molar-refractivity contribution in [2.24, 2.45) is 0 Å². The van der Waals surface area contributed by atoms with Crippen LogP contribution < -0.4 is 0 Å². The van der Waals surface area contributed by atoms with E-state index in [0.29, 0.717) is 44.6 Å². The molecule has 0 amide bonds. The van der Waals surface area contributed by atoms with Crippen LogP contribution in [0, 0.1) is 0 Å². The normalized spacial score (nSPS) is 12.6. The van der Waals surface area contributed by atoms with Gasteiger partial charge in [-0.05, 0) is 106 Å². The third-order valence-electron chi connectivity index (χ3n) is 6.88. The SMILES string of the molecule is FC(F)(F)c1ccc(-c2cc(-c3ccc(C(F)(F)F)cc3)c(/C=C/c3ccccn3)c(-c3ccc(C(F)(F)F)cc3)c2)cc1. The van der Waals surface area contributed by atoms with Crippen LogP contribution in [0.3, 0.4) is 0 Å². The fourth-order valence-corrected chi connectivity index (χ4v) is 4.65. The molecule has 1 nitrogen and oxygen atoms in total. The lowest BCUT2D eigenvalue weighted by Crippen LogP contribution is -2.04. The standard InChI is InChI=1S/C34H20F9N/c35-32(36,37)25-10-4-21(5-11-25)24-19-30(22-6-12-26(13-7-22)33(38,39)40)29(17-16-28-3-1-2-18-44-28)31(20-24)23-8-14-27(15-9-23)34(41,42)43/h1-20H/b17-16+. The van der Waals surface area contributed by atoms with Crippen molar-refractivity contribution in [3.05, 3.63) is 137 Å². The Bertz CT molecular complexity index is 1690. The third kappa shape index (κ3) is 6.85. The molecule has 0 bridgehead atoms. The zero-order chi connectivity index (χ0) is 31.7. The highest BCUT2D eigenvalue weighted by molar-refractivity contribution is 5.93. The van der Waals surface area contributed by atoms with Gasteiger partial charge in [0.2, 0.25) is 0 Å². The minimum absolute atomic E-state index is 0.348. The fraction of sp³-hybridized carbons (Fsp3) is 0.0882. The molecule has 44 heavy (non-hydrogen) atoms. The zero-order valence-electron chi connectivity index (χ0n) is 22.4. The van der Waals surface area contributed by atoms with E-state index in [1.54, 1.807) is 48.7 Å². The summed E-state index contributed by atoms with van der Waals surface area (Å²) < 4.78 is 120. The van der Waals surface area contributed by atoms with Gasteiger partial charge in [-0.25, -0.2) is 0 Å². The Morgan fingerprint density at radius 1 is 0.432 bits per heavy atom. The van der Waals surface area contributed by atoms with Crippen molar-refractivity contribution in [1.29, 1.82) is 0 Å². The predicted molar refractivity (Wildman–Crippen MR) is 151 cm³/mol. The highest BCUT2D eigenvalue weighted by atomic mass is 19.4. The van der Waals surface area contributed by atoms with Crippen LogP contribution in [0.4, 0.5) is 39.5 Å². The van der Waals surface area contributed by atoms with Crippen LogP contribution in [0.1, 0.15) is 27.9 Å². The van der Waals surface area contributed by atoms with Crippen LogP contribution in [0.25, 0.3) is 45.5 Å². The van der Waals surface area contributed by atoms with Gasteiger partial charge in [0.15, 0.2) is 0 Å². The fourth-order valence-electron chi connectivity index (χ4n) is 4.65. The molecule has 224 valence electrons. The van der Waals surface area contributed by atoms with Crippen LogP contribution in [0.15, 0.2) is 109 Å². The predicted octanol–water partition coefficient (Wildman–Crippen LogP) is 11.3. The lowest BCUT2D eigenvalue weighted by atomic mass is 9.87. The summed E-state index contributed by atoms with van der Waals surface area (Å²) in [6.45, 7) is 0. The number of rotatable bonds is 5. The van der Waals surface area contributed by atoms with Crippen LogP contribution in [0.2, 0.25) is 0 Å². The number of alkyl halides is 9. The average molecular weight is 614 g/mol. The number of benzene rings is 4. The number of aromatic nitrogens is 1. The van der Waals surface area contributed by atoms with E-state index in [-0.39, 0.29) is 0 Å². The first-order chi connectivity index (χ1) is 20.7. The summed E-state index contributed by atoms with van der Waals surface area (Å²) in [4.78, 5) is 4.24. The van der Waals surface area contributed by atoms with E-state index in [2.05, 4.69) is 4.98 Å². The molecule has 4 aromatic carbocycles. The number of pyridine rings is 1. The van der Waals surface area contributed by atoms with Crippen LogP contribution in [-0.2, 0) is 18.5 Å². The molecule has 1 aromatic heterocycles. The molecule has 0 radical (unpaired) electrons. The molecule has 0 fully saturated rings. The molecule has 5 aromatic rings. The molecule has 5 rings (SSSR count). The first-order valence-electron chi connectivity index (χ1n) is 13.0. The van der Waals surface area contributed by atoms with E-state index in [1.165, 1.54) is 36.4 Å². The maximum absolute atomic E-state index is 13.3. The summed E-state index contributed by atoms with van der Waals surface area (Å²) in [6, 6.07) is 21.4. The number of nitrogens with zero attached hydrogens (tertiary/aromatic N) is 1. The Morgan fingerprint density at radius 2 is 0.841 bits per heavy atom. The molecule has 0 atom stereocenters. The second kappa shape index (κ2) is 11.7. The molecule has 0 N–H and O–H groups in total. The molecule has 0 saturated heterocycles. The third-order valence-corrected chi connectivity index (χ3v) is 6.88. The Morgan fingerprint density at radius 3 is 1.20 bits per heavy atom. The van der Waals surface area contributed by atoms with Gasteiger partial charge in [-0.15, -0.1) is 0 Å². The number of hydrogen-bond acceptors (Lipinski definition) is 1. The van der Waals surface area contributed by atoms with Gasteiger partial charge < -0.3 is 0 Å². The second-order valence-electron chi connectivity index (χ2n) is 9.80. The summed E-state index contributed by atoms with van der Waals surface area (Å²) in [7, 11) is 0. The van der Waals surface area contributed by atoms with Gasteiger partial charge >= 0.3 is 18.5 Å². The summed E-state index contributed by atoms with van der Waals surface area (Å²) in [5.41, 5.74) is 0.613. The van der Waals surface area contributed by atoms with E-state index < -0.39 is 35.2 Å². The lowest BCUT2D eigenvalue weighted by molar-refractivity contribution is -0.138. The van der Waals surface area contributed by atoms with E-state index in [9.17, 15) is 39.5 Å². The molecule has 10 heteroatoms. The summed E-state index contributed by atoms with van der Waals surface area (Å²) in [5, 5.41) is 0. The van der Waals surface area contributed by atoms with Crippen LogP contribution in [-0.4, -0.2) is 4.98 Å². The smallest absolute Gasteiger partial charge is 0.257 e. The molecular formula is C34H20F9N. The maximum Gasteiger partial charge on any atom is 0.416 e. The van der Waals surface area contributed by atoms with Crippen molar-refractivity contribution in [2.45, 2.75) is 18.5 Å².